The molecule has 0 spiro atoms. The summed E-state index contributed by atoms with van der Waals surface area (Å²) in [6.07, 6.45) is -4.76. The van der Waals surface area contributed by atoms with E-state index in [1.54, 1.807) is 0 Å². The topological polar surface area (TPSA) is 60.2 Å². The van der Waals surface area contributed by atoms with Gasteiger partial charge in [-0.2, -0.15) is 13.2 Å². The predicted molar refractivity (Wildman–Crippen MR) is 48.5 cm³/mol. The third kappa shape index (κ3) is 2.30. The third-order valence-electron chi connectivity index (χ3n) is 1.71. The summed E-state index contributed by atoms with van der Waals surface area (Å²) >= 11 is 5.26. The lowest BCUT2D eigenvalue weighted by atomic mass is 10.1. The van der Waals surface area contributed by atoms with Crippen LogP contribution >= 0.6 is 11.6 Å². The second-order valence-electron chi connectivity index (χ2n) is 2.77. The van der Waals surface area contributed by atoms with Crippen LogP contribution in [0, 0.1) is 10.1 Å². The number of aldehydes is 1. The van der Waals surface area contributed by atoms with Gasteiger partial charge in [0.05, 0.1) is 9.95 Å². The second-order valence-corrected chi connectivity index (χ2v) is 3.18. The van der Waals surface area contributed by atoms with Gasteiger partial charge in [-0.25, -0.2) is 0 Å². The molecule has 0 aliphatic rings. The van der Waals surface area contributed by atoms with Gasteiger partial charge in [0.2, 0.25) is 0 Å². The number of halogens is 4. The van der Waals surface area contributed by atoms with Crippen LogP contribution in [-0.4, -0.2) is 11.2 Å². The molecule has 0 aromatic heterocycles. The van der Waals surface area contributed by atoms with Crippen LogP contribution < -0.4 is 0 Å². The van der Waals surface area contributed by atoms with E-state index in [2.05, 4.69) is 0 Å². The average Bonchev–Trinajstić information content (AvgIpc) is 2.14. The number of nitro groups is 1. The lowest BCUT2D eigenvalue weighted by molar-refractivity contribution is -0.388. The highest BCUT2D eigenvalue weighted by Crippen LogP contribution is 2.41. The molecule has 0 saturated carbocycles. The van der Waals surface area contributed by atoms with Crippen molar-refractivity contribution in [2.75, 3.05) is 0 Å². The Morgan fingerprint density at radius 1 is 1.38 bits per heavy atom. The molecule has 1 aromatic rings. The summed E-state index contributed by atoms with van der Waals surface area (Å²) in [5.74, 6) is 0. The summed E-state index contributed by atoms with van der Waals surface area (Å²) in [4.78, 5) is 19.5. The van der Waals surface area contributed by atoms with Crippen molar-refractivity contribution < 1.29 is 22.9 Å². The van der Waals surface area contributed by atoms with E-state index in [1.165, 1.54) is 0 Å². The van der Waals surface area contributed by atoms with Crippen molar-refractivity contribution in [1.82, 2.24) is 0 Å². The number of nitro benzene ring substituents is 1. The molecule has 1 rings (SSSR count). The van der Waals surface area contributed by atoms with Crippen molar-refractivity contribution in [3.8, 4) is 0 Å². The van der Waals surface area contributed by atoms with Crippen molar-refractivity contribution in [2.45, 2.75) is 6.18 Å². The molecular weight excluding hydrogens is 251 g/mol. The molecule has 0 bridgehead atoms. The normalized spacial score (nSPS) is 11.2. The van der Waals surface area contributed by atoms with Gasteiger partial charge in [0.15, 0.2) is 5.56 Å². The zero-order valence-corrected chi connectivity index (χ0v) is 8.17. The summed E-state index contributed by atoms with van der Waals surface area (Å²) in [7, 11) is 0. The lowest BCUT2D eigenvalue weighted by Gasteiger charge is -2.09. The SMILES string of the molecule is O=Cc1cc(Cl)c(C(F)(F)F)c([N+](=O)[O-])c1. The van der Waals surface area contributed by atoms with Crippen molar-refractivity contribution in [3.63, 3.8) is 0 Å². The summed E-state index contributed by atoms with van der Waals surface area (Å²) in [5.41, 5.74) is -3.07. The molecular formula is C8H3ClF3NO3. The molecule has 0 aliphatic carbocycles. The number of carbonyl (C=O) groups excluding carboxylic acids is 1. The molecule has 0 aliphatic heterocycles. The van der Waals surface area contributed by atoms with Gasteiger partial charge < -0.3 is 0 Å². The molecule has 4 nitrogen and oxygen atoms in total. The summed E-state index contributed by atoms with van der Waals surface area (Å²) in [5, 5.41) is 9.55. The van der Waals surface area contributed by atoms with E-state index < -0.39 is 27.4 Å². The van der Waals surface area contributed by atoms with Crippen LogP contribution in [-0.2, 0) is 6.18 Å². The number of benzene rings is 1. The smallest absolute Gasteiger partial charge is 0.298 e. The zero-order chi connectivity index (χ0) is 12.5. The maximum atomic E-state index is 12.4. The van der Waals surface area contributed by atoms with Crippen LogP contribution in [0.2, 0.25) is 5.02 Å². The Labute approximate surface area is 91.8 Å². The minimum absolute atomic E-state index is 0.180. The summed E-state index contributed by atoms with van der Waals surface area (Å²) < 4.78 is 37.3. The summed E-state index contributed by atoms with van der Waals surface area (Å²) in [6, 6.07) is 1.26. The number of rotatable bonds is 2. The standard InChI is InChI=1S/C8H3ClF3NO3/c9-5-1-4(3-14)2-6(13(15)16)7(5)8(10,11)12/h1-3H. The first-order valence-electron chi connectivity index (χ1n) is 3.77. The maximum Gasteiger partial charge on any atom is 0.424 e. The van der Waals surface area contributed by atoms with Gasteiger partial charge in [-0.3, -0.25) is 14.9 Å². The maximum absolute atomic E-state index is 12.4. The zero-order valence-electron chi connectivity index (χ0n) is 7.42. The van der Waals surface area contributed by atoms with E-state index in [9.17, 15) is 28.1 Å². The van der Waals surface area contributed by atoms with E-state index in [0.29, 0.717) is 6.07 Å². The van der Waals surface area contributed by atoms with Crippen LogP contribution in [0.5, 0.6) is 0 Å². The highest BCUT2D eigenvalue weighted by molar-refractivity contribution is 6.32. The molecule has 16 heavy (non-hydrogen) atoms. The van der Waals surface area contributed by atoms with Crippen LogP contribution in [0.3, 0.4) is 0 Å². The first-order valence-corrected chi connectivity index (χ1v) is 4.15. The Hall–Kier alpha value is -1.63. The Balaban J connectivity index is 3.59. The van der Waals surface area contributed by atoms with Crippen LogP contribution in [0.1, 0.15) is 15.9 Å². The Morgan fingerprint density at radius 3 is 2.31 bits per heavy atom. The predicted octanol–water partition coefficient (Wildman–Crippen LogP) is 3.08. The number of hydrogen-bond acceptors (Lipinski definition) is 3. The van der Waals surface area contributed by atoms with Crippen molar-refractivity contribution >= 4 is 23.6 Å². The fourth-order valence-corrected chi connectivity index (χ4v) is 1.44. The van der Waals surface area contributed by atoms with Crippen molar-refractivity contribution in [2.24, 2.45) is 0 Å². The van der Waals surface area contributed by atoms with E-state index in [4.69, 9.17) is 11.6 Å². The van der Waals surface area contributed by atoms with Gasteiger partial charge in [-0.15, -0.1) is 0 Å². The van der Waals surface area contributed by atoms with Crippen LogP contribution in [0.4, 0.5) is 18.9 Å². The fourth-order valence-electron chi connectivity index (χ4n) is 1.11. The minimum atomic E-state index is -4.94. The van der Waals surface area contributed by atoms with E-state index in [1.807, 2.05) is 0 Å². The van der Waals surface area contributed by atoms with Crippen LogP contribution in [0.15, 0.2) is 12.1 Å². The van der Waals surface area contributed by atoms with Crippen molar-refractivity contribution in [3.05, 3.63) is 38.4 Å². The molecule has 0 radical (unpaired) electrons. The monoisotopic (exact) mass is 253 g/mol. The second kappa shape index (κ2) is 4.09. The number of alkyl halides is 3. The fraction of sp³-hybridized carbons (Fsp3) is 0.125. The molecule has 0 atom stereocenters. The molecule has 1 aromatic carbocycles. The third-order valence-corrected chi connectivity index (χ3v) is 2.01. The number of nitrogens with zero attached hydrogens (tertiary/aromatic N) is 1. The van der Waals surface area contributed by atoms with Crippen molar-refractivity contribution in [1.29, 1.82) is 0 Å². The minimum Gasteiger partial charge on any atom is -0.298 e. The summed E-state index contributed by atoms with van der Waals surface area (Å²) in [6.45, 7) is 0. The molecule has 8 heteroatoms. The number of carbonyl (C=O) groups is 1. The van der Waals surface area contributed by atoms with Gasteiger partial charge >= 0.3 is 6.18 Å². The van der Waals surface area contributed by atoms with Gasteiger partial charge in [-0.1, -0.05) is 11.6 Å². The van der Waals surface area contributed by atoms with E-state index in [0.717, 1.165) is 6.07 Å². The molecule has 86 valence electrons. The Kier molecular flexibility index (Phi) is 3.18. The van der Waals surface area contributed by atoms with Crippen LogP contribution in [0.25, 0.3) is 0 Å². The van der Waals surface area contributed by atoms with Gasteiger partial charge in [0, 0.05) is 11.6 Å². The number of hydrogen-bond donors (Lipinski definition) is 0. The Bertz CT molecular complexity index is 459. The molecule has 0 saturated heterocycles. The molecule has 0 unspecified atom stereocenters. The first kappa shape index (κ1) is 12.4. The molecule has 0 heterocycles. The molecule has 0 amide bonds. The molecule has 0 N–H and O–H groups in total. The van der Waals surface area contributed by atoms with Gasteiger partial charge in [0.1, 0.15) is 6.29 Å². The average molecular weight is 254 g/mol. The first-order chi connectivity index (χ1) is 7.27. The van der Waals surface area contributed by atoms with Gasteiger partial charge in [-0.05, 0) is 6.07 Å². The van der Waals surface area contributed by atoms with Gasteiger partial charge in [0.25, 0.3) is 5.69 Å². The quantitative estimate of drug-likeness (QED) is 0.462. The highest BCUT2D eigenvalue weighted by Gasteiger charge is 2.41. The molecule has 0 fully saturated rings. The Morgan fingerprint density at radius 2 is 1.94 bits per heavy atom. The lowest BCUT2D eigenvalue weighted by Crippen LogP contribution is -2.10. The van der Waals surface area contributed by atoms with E-state index in [-0.39, 0.29) is 11.8 Å². The largest absolute Gasteiger partial charge is 0.424 e. The highest BCUT2D eigenvalue weighted by atomic mass is 35.5. The van der Waals surface area contributed by atoms with E-state index >= 15 is 0 Å².